The van der Waals surface area contributed by atoms with Crippen LogP contribution in [0.15, 0.2) is 64.1 Å². The Hall–Kier alpha value is -2.05. The van der Waals surface area contributed by atoms with Crippen LogP contribution in [0.5, 0.6) is 5.75 Å². The summed E-state index contributed by atoms with van der Waals surface area (Å²) in [6.45, 7) is 6.88. The molecule has 0 aromatic heterocycles. The van der Waals surface area contributed by atoms with Gasteiger partial charge >= 0.3 is 5.97 Å². The van der Waals surface area contributed by atoms with Crippen LogP contribution in [0.2, 0.25) is 0 Å². The van der Waals surface area contributed by atoms with Gasteiger partial charge in [0.1, 0.15) is 18.0 Å². The molecule has 2 aromatic rings. The van der Waals surface area contributed by atoms with Gasteiger partial charge in [0.05, 0.1) is 3.39 Å². The number of hydrogen-bond donors (Lipinski definition) is 1. The fraction of sp³-hybridized carbons (Fsp3) is 0.320. The van der Waals surface area contributed by atoms with Crippen molar-refractivity contribution in [1.29, 1.82) is 0 Å². The highest BCUT2D eigenvalue weighted by Gasteiger charge is 2.13. The monoisotopic (exact) mass is 549 g/mol. The molecule has 0 bridgehead atoms. The van der Waals surface area contributed by atoms with E-state index >= 15 is 0 Å². The second kappa shape index (κ2) is 12.7. The van der Waals surface area contributed by atoms with Gasteiger partial charge in [0, 0.05) is 23.9 Å². The number of unbranched alkanes of at least 4 members (excludes halogenated alkanes) is 1. The lowest BCUT2D eigenvalue weighted by Crippen LogP contribution is -2.22. The van der Waals surface area contributed by atoms with Crippen molar-refractivity contribution in [3.05, 3.63) is 75.2 Å². The summed E-state index contributed by atoms with van der Waals surface area (Å²) in [5.41, 5.74) is 2.69. The van der Waals surface area contributed by atoms with Gasteiger partial charge in [-0.1, -0.05) is 36.4 Å². The number of halogens is 2. The van der Waals surface area contributed by atoms with Crippen molar-refractivity contribution in [3.63, 3.8) is 0 Å². The zero-order chi connectivity index (χ0) is 22.7. The summed E-state index contributed by atoms with van der Waals surface area (Å²) in [6.07, 6.45) is 7.02. The molecule has 0 aliphatic carbocycles. The van der Waals surface area contributed by atoms with Gasteiger partial charge < -0.3 is 14.8 Å². The first kappa shape index (κ1) is 25.2. The maximum Gasteiger partial charge on any atom is 0.330 e. The maximum absolute atomic E-state index is 11.7. The summed E-state index contributed by atoms with van der Waals surface area (Å²) in [4.78, 5) is 11.7. The first-order chi connectivity index (χ1) is 14.7. The second-order valence-electron chi connectivity index (χ2n) is 7.96. The molecule has 0 saturated heterocycles. The van der Waals surface area contributed by atoms with Gasteiger partial charge in [-0.3, -0.25) is 0 Å². The van der Waals surface area contributed by atoms with Gasteiger partial charge in [-0.25, -0.2) is 4.79 Å². The van der Waals surface area contributed by atoms with E-state index in [9.17, 15) is 4.79 Å². The Balaban J connectivity index is 1.88. The van der Waals surface area contributed by atoms with Crippen LogP contribution in [0.1, 0.15) is 44.7 Å². The van der Waals surface area contributed by atoms with Gasteiger partial charge in [0.25, 0.3) is 0 Å². The third-order valence-corrected chi connectivity index (χ3v) is 4.52. The van der Waals surface area contributed by atoms with E-state index in [-0.39, 0.29) is 5.97 Å². The number of carbonyl (C=O) groups excluding carboxylic acids is 1. The largest absolute Gasteiger partial charge is 0.489 e. The predicted octanol–water partition coefficient (Wildman–Crippen LogP) is 7.44. The van der Waals surface area contributed by atoms with E-state index in [1.807, 2.05) is 81.5 Å². The molecule has 2 rings (SSSR count). The van der Waals surface area contributed by atoms with Crippen molar-refractivity contribution >= 4 is 49.6 Å². The quantitative estimate of drug-likeness (QED) is 0.190. The standard InChI is InChI=1S/C25H29Br2NO3/c1-25(2,3)31-24(29)12-8-5-9-15-28-22-14-13-21(16-20(22)17-23(26)27)30-18-19-10-6-4-7-11-19/h4,6-8,10-14,16-17,28H,5,9,15,18H2,1-3H3. The molecular weight excluding hydrogens is 522 g/mol. The Morgan fingerprint density at radius 2 is 1.84 bits per heavy atom. The molecule has 166 valence electrons. The average molecular weight is 551 g/mol. The van der Waals surface area contributed by atoms with E-state index in [4.69, 9.17) is 9.47 Å². The highest BCUT2D eigenvalue weighted by atomic mass is 79.9. The van der Waals surface area contributed by atoms with Crippen LogP contribution in [0, 0.1) is 0 Å². The van der Waals surface area contributed by atoms with Crippen molar-refractivity contribution in [2.45, 2.75) is 45.8 Å². The molecule has 6 heteroatoms. The van der Waals surface area contributed by atoms with Crippen LogP contribution in [0.3, 0.4) is 0 Å². The van der Waals surface area contributed by atoms with Crippen molar-refractivity contribution < 1.29 is 14.3 Å². The maximum atomic E-state index is 11.7. The molecule has 1 N–H and O–H groups in total. The molecule has 4 nitrogen and oxygen atoms in total. The van der Waals surface area contributed by atoms with Gasteiger partial charge in [-0.05, 0) is 95.3 Å². The van der Waals surface area contributed by atoms with Crippen LogP contribution in [-0.2, 0) is 16.1 Å². The fourth-order valence-electron chi connectivity index (χ4n) is 2.73. The lowest BCUT2D eigenvalue weighted by Gasteiger charge is -2.17. The van der Waals surface area contributed by atoms with E-state index in [1.165, 1.54) is 6.08 Å². The van der Waals surface area contributed by atoms with Crippen LogP contribution in [0.25, 0.3) is 6.08 Å². The summed E-state index contributed by atoms with van der Waals surface area (Å²) in [7, 11) is 0. The zero-order valence-electron chi connectivity index (χ0n) is 18.2. The second-order valence-corrected chi connectivity index (χ2v) is 10.7. The normalized spacial score (nSPS) is 11.3. The Morgan fingerprint density at radius 1 is 1.10 bits per heavy atom. The number of esters is 1. The summed E-state index contributed by atoms with van der Waals surface area (Å²) < 4.78 is 12.1. The van der Waals surface area contributed by atoms with E-state index in [0.717, 1.165) is 45.3 Å². The summed E-state index contributed by atoms with van der Waals surface area (Å²) in [5, 5.41) is 3.45. The Labute approximate surface area is 202 Å². The fourth-order valence-corrected chi connectivity index (χ4v) is 3.22. The Morgan fingerprint density at radius 3 is 2.52 bits per heavy atom. The van der Waals surface area contributed by atoms with Gasteiger partial charge in [0.15, 0.2) is 0 Å². The zero-order valence-corrected chi connectivity index (χ0v) is 21.3. The molecule has 0 fully saturated rings. The lowest BCUT2D eigenvalue weighted by molar-refractivity contribution is -0.148. The van der Waals surface area contributed by atoms with E-state index in [2.05, 4.69) is 37.2 Å². The number of anilines is 1. The van der Waals surface area contributed by atoms with Crippen LogP contribution in [-0.4, -0.2) is 18.1 Å². The van der Waals surface area contributed by atoms with Gasteiger partial charge in [-0.15, -0.1) is 0 Å². The molecule has 0 amide bonds. The molecule has 0 atom stereocenters. The first-order valence-electron chi connectivity index (χ1n) is 10.2. The molecule has 2 aromatic carbocycles. The molecule has 0 saturated carbocycles. The minimum absolute atomic E-state index is 0.304. The summed E-state index contributed by atoms with van der Waals surface area (Å²) in [5.74, 6) is 0.503. The minimum atomic E-state index is -0.465. The van der Waals surface area contributed by atoms with Crippen molar-refractivity contribution in [2.24, 2.45) is 0 Å². The minimum Gasteiger partial charge on any atom is -0.489 e. The lowest BCUT2D eigenvalue weighted by atomic mass is 10.1. The molecule has 0 radical (unpaired) electrons. The van der Waals surface area contributed by atoms with E-state index in [1.54, 1.807) is 0 Å². The third-order valence-electron chi connectivity index (χ3n) is 4.06. The number of hydrogen-bond acceptors (Lipinski definition) is 4. The number of rotatable bonds is 10. The van der Waals surface area contributed by atoms with Crippen molar-refractivity contribution in [3.8, 4) is 5.75 Å². The molecule has 31 heavy (non-hydrogen) atoms. The molecular formula is C25H29Br2NO3. The average Bonchev–Trinajstić information content (AvgIpc) is 2.69. The van der Waals surface area contributed by atoms with Crippen LogP contribution in [0.4, 0.5) is 5.69 Å². The highest BCUT2D eigenvalue weighted by Crippen LogP contribution is 2.28. The van der Waals surface area contributed by atoms with Gasteiger partial charge in [0.2, 0.25) is 0 Å². The Kier molecular flexibility index (Phi) is 10.3. The molecule has 0 spiro atoms. The van der Waals surface area contributed by atoms with Crippen LogP contribution < -0.4 is 10.1 Å². The highest BCUT2D eigenvalue weighted by molar-refractivity contribution is 9.28. The first-order valence-corrected chi connectivity index (χ1v) is 11.8. The summed E-state index contributed by atoms with van der Waals surface area (Å²) >= 11 is 6.88. The van der Waals surface area contributed by atoms with Crippen LogP contribution >= 0.6 is 31.9 Å². The van der Waals surface area contributed by atoms with Crippen molar-refractivity contribution in [2.75, 3.05) is 11.9 Å². The number of carbonyl (C=O) groups is 1. The molecule has 0 heterocycles. The number of benzene rings is 2. The number of allylic oxidation sites excluding steroid dienone is 1. The van der Waals surface area contributed by atoms with Crippen molar-refractivity contribution in [1.82, 2.24) is 0 Å². The molecule has 0 aliphatic heterocycles. The topological polar surface area (TPSA) is 47.6 Å². The Bertz CT molecular complexity index is 899. The molecule has 0 unspecified atom stereocenters. The number of ether oxygens (including phenoxy) is 2. The SMILES string of the molecule is CC(C)(C)OC(=O)C=CCCCNc1ccc(OCc2ccccc2)cc1C=C(Br)Br. The van der Waals surface area contributed by atoms with E-state index < -0.39 is 5.60 Å². The molecule has 0 aliphatic rings. The van der Waals surface area contributed by atoms with E-state index in [0.29, 0.717) is 6.61 Å². The third kappa shape index (κ3) is 10.7. The van der Waals surface area contributed by atoms with Gasteiger partial charge in [-0.2, -0.15) is 0 Å². The smallest absolute Gasteiger partial charge is 0.330 e. The predicted molar refractivity (Wildman–Crippen MR) is 136 cm³/mol. The summed E-state index contributed by atoms with van der Waals surface area (Å²) in [6, 6.07) is 16.1. The number of nitrogens with one attached hydrogen (secondary N) is 1.